The van der Waals surface area contributed by atoms with Crippen LogP contribution in [-0.4, -0.2) is 12.5 Å². The molecule has 0 aromatic carbocycles. The molecule has 1 amide bonds. The Hall–Kier alpha value is -1.31. The molecule has 0 unspecified atom stereocenters. The summed E-state index contributed by atoms with van der Waals surface area (Å²) in [4.78, 5) is 12.1. The van der Waals surface area contributed by atoms with Gasteiger partial charge in [0.15, 0.2) is 0 Å². The zero-order valence-corrected chi connectivity index (χ0v) is 23.1. The second kappa shape index (κ2) is 23.8. The van der Waals surface area contributed by atoms with E-state index < -0.39 is 0 Å². The highest BCUT2D eigenvalue weighted by Gasteiger charge is 1.99. The number of amides is 1. The quantitative estimate of drug-likeness (QED) is 0.0973. The van der Waals surface area contributed by atoms with Gasteiger partial charge >= 0.3 is 0 Å². The topological polar surface area (TPSA) is 29.1 Å². The van der Waals surface area contributed by atoms with E-state index in [0.29, 0.717) is 0 Å². The van der Waals surface area contributed by atoms with E-state index in [-0.39, 0.29) is 5.91 Å². The van der Waals surface area contributed by atoms with Crippen LogP contribution in [0.25, 0.3) is 0 Å². The summed E-state index contributed by atoms with van der Waals surface area (Å²) < 4.78 is 0. The maximum absolute atomic E-state index is 12.1. The van der Waals surface area contributed by atoms with Crippen LogP contribution in [0.2, 0.25) is 0 Å². The number of allylic oxidation sites excluding steroid dienone is 5. The van der Waals surface area contributed by atoms with Crippen molar-refractivity contribution in [2.45, 2.75) is 150 Å². The van der Waals surface area contributed by atoms with Gasteiger partial charge in [-0.2, -0.15) is 0 Å². The van der Waals surface area contributed by atoms with Crippen LogP contribution in [0.3, 0.4) is 0 Å². The normalized spacial score (nSPS) is 12.2. The first-order chi connectivity index (χ1) is 16.0. The molecule has 0 rings (SSSR count). The summed E-state index contributed by atoms with van der Waals surface area (Å²) in [5.41, 5.74) is 4.01. The summed E-state index contributed by atoms with van der Waals surface area (Å²) >= 11 is 0. The van der Waals surface area contributed by atoms with Crippen LogP contribution in [0.5, 0.6) is 0 Å². The van der Waals surface area contributed by atoms with Gasteiger partial charge in [0.05, 0.1) is 0 Å². The fourth-order valence-electron chi connectivity index (χ4n) is 4.11. The zero-order chi connectivity index (χ0) is 24.6. The third-order valence-electron chi connectivity index (χ3n) is 6.33. The molecular formula is C31H57NO. The van der Waals surface area contributed by atoms with Crippen molar-refractivity contribution in [2.24, 2.45) is 0 Å². The van der Waals surface area contributed by atoms with Crippen LogP contribution in [-0.2, 0) is 4.79 Å². The molecule has 0 fully saturated rings. The lowest BCUT2D eigenvalue weighted by Gasteiger charge is -2.05. The maximum Gasteiger partial charge on any atom is 0.243 e. The van der Waals surface area contributed by atoms with Crippen LogP contribution >= 0.6 is 0 Å². The molecule has 0 aromatic rings. The van der Waals surface area contributed by atoms with Crippen molar-refractivity contribution < 1.29 is 4.79 Å². The van der Waals surface area contributed by atoms with Gasteiger partial charge in [0.2, 0.25) is 5.91 Å². The summed E-state index contributed by atoms with van der Waals surface area (Å²) in [6, 6.07) is 0. The number of unbranched alkanes of at least 4 members (excludes halogenated alkanes) is 13. The highest BCUT2D eigenvalue weighted by atomic mass is 16.1. The minimum Gasteiger partial charge on any atom is -0.353 e. The Balaban J connectivity index is 3.56. The molecule has 0 aromatic heterocycles. The van der Waals surface area contributed by atoms with E-state index in [1.165, 1.54) is 100 Å². The molecule has 0 saturated heterocycles. The third kappa shape index (κ3) is 25.2. The lowest BCUT2D eigenvalue weighted by Crippen LogP contribution is -2.22. The molecule has 0 aliphatic rings. The molecule has 2 heteroatoms. The number of carbonyl (C=O) groups excluding carboxylic acids is 1. The van der Waals surface area contributed by atoms with Crippen LogP contribution in [0.15, 0.2) is 34.9 Å². The SMILES string of the molecule is CCCCCCCCCCCCCCCCNC(=O)C=C(C)CCC=C(C)CCC=C(C)C. The predicted octanol–water partition coefficient (Wildman–Crippen LogP) is 10.0. The lowest BCUT2D eigenvalue weighted by atomic mass is 10.0. The number of carbonyl (C=O) groups is 1. The Bertz CT molecular complexity index is 551. The van der Waals surface area contributed by atoms with Gasteiger partial charge in [0.25, 0.3) is 0 Å². The number of hydrogen-bond acceptors (Lipinski definition) is 1. The summed E-state index contributed by atoms with van der Waals surface area (Å²) in [6.45, 7) is 11.7. The standard InChI is InChI=1S/C31H57NO/c1-6-7-8-9-10-11-12-13-14-15-16-17-18-19-26-32-31(33)27-30(5)25-21-24-29(4)23-20-22-28(2)3/h22,24,27H,6-21,23,25-26H2,1-5H3,(H,32,33). The van der Waals surface area contributed by atoms with Crippen LogP contribution < -0.4 is 5.32 Å². The minimum absolute atomic E-state index is 0.0754. The zero-order valence-electron chi connectivity index (χ0n) is 23.1. The first-order valence-corrected chi connectivity index (χ1v) is 14.2. The van der Waals surface area contributed by atoms with E-state index in [1.54, 1.807) is 6.08 Å². The predicted molar refractivity (Wildman–Crippen MR) is 149 cm³/mol. The molecule has 2 nitrogen and oxygen atoms in total. The van der Waals surface area contributed by atoms with E-state index in [0.717, 1.165) is 38.6 Å². The number of nitrogens with one attached hydrogen (secondary N) is 1. The molecule has 0 heterocycles. The number of hydrogen-bond donors (Lipinski definition) is 1. The monoisotopic (exact) mass is 459 g/mol. The minimum atomic E-state index is 0.0754. The van der Waals surface area contributed by atoms with Crippen molar-refractivity contribution in [3.05, 3.63) is 34.9 Å². The molecule has 0 aliphatic heterocycles. The molecule has 0 bridgehead atoms. The largest absolute Gasteiger partial charge is 0.353 e. The molecule has 192 valence electrons. The van der Waals surface area contributed by atoms with Gasteiger partial charge in [-0.15, -0.1) is 0 Å². The average Bonchev–Trinajstić information content (AvgIpc) is 2.76. The maximum atomic E-state index is 12.1. The fourth-order valence-corrected chi connectivity index (χ4v) is 4.11. The van der Waals surface area contributed by atoms with E-state index in [9.17, 15) is 4.79 Å². The summed E-state index contributed by atoms with van der Waals surface area (Å²) in [7, 11) is 0. The van der Waals surface area contributed by atoms with Crippen LogP contribution in [0.1, 0.15) is 150 Å². The fraction of sp³-hybridized carbons (Fsp3) is 0.774. The Kier molecular flexibility index (Phi) is 22.9. The Labute approximate surface area is 207 Å². The molecule has 0 spiro atoms. The second-order valence-electron chi connectivity index (χ2n) is 10.3. The molecule has 1 N–H and O–H groups in total. The first-order valence-electron chi connectivity index (χ1n) is 14.2. The molecule has 0 atom stereocenters. The summed E-state index contributed by atoms with van der Waals surface area (Å²) in [6.07, 6.45) is 29.8. The molecular weight excluding hydrogens is 402 g/mol. The van der Waals surface area contributed by atoms with Gasteiger partial charge in [-0.1, -0.05) is 119 Å². The van der Waals surface area contributed by atoms with Crippen LogP contribution in [0, 0.1) is 0 Å². The Morgan fingerprint density at radius 3 is 1.58 bits per heavy atom. The Morgan fingerprint density at radius 2 is 1.06 bits per heavy atom. The van der Waals surface area contributed by atoms with E-state index in [4.69, 9.17) is 0 Å². The van der Waals surface area contributed by atoms with Crippen molar-refractivity contribution in [3.63, 3.8) is 0 Å². The molecule has 33 heavy (non-hydrogen) atoms. The van der Waals surface area contributed by atoms with Gasteiger partial charge in [0, 0.05) is 12.6 Å². The first kappa shape index (κ1) is 31.7. The van der Waals surface area contributed by atoms with Gasteiger partial charge < -0.3 is 5.32 Å². The van der Waals surface area contributed by atoms with E-state index in [2.05, 4.69) is 52.1 Å². The van der Waals surface area contributed by atoms with Crippen molar-refractivity contribution in [3.8, 4) is 0 Å². The van der Waals surface area contributed by atoms with Crippen molar-refractivity contribution in [1.82, 2.24) is 5.32 Å². The lowest BCUT2D eigenvalue weighted by molar-refractivity contribution is -0.116. The van der Waals surface area contributed by atoms with Gasteiger partial charge in [-0.25, -0.2) is 0 Å². The third-order valence-corrected chi connectivity index (χ3v) is 6.33. The molecule has 0 aliphatic carbocycles. The summed E-state index contributed by atoms with van der Waals surface area (Å²) in [5.74, 6) is 0.0754. The average molecular weight is 460 g/mol. The highest BCUT2D eigenvalue weighted by molar-refractivity contribution is 5.88. The molecule has 0 radical (unpaired) electrons. The van der Waals surface area contributed by atoms with Gasteiger partial charge in [-0.3, -0.25) is 4.79 Å². The van der Waals surface area contributed by atoms with Gasteiger partial charge in [-0.05, 0) is 59.8 Å². The van der Waals surface area contributed by atoms with Crippen molar-refractivity contribution >= 4 is 5.91 Å². The molecule has 0 saturated carbocycles. The Morgan fingerprint density at radius 1 is 0.606 bits per heavy atom. The highest BCUT2D eigenvalue weighted by Crippen LogP contribution is 2.13. The van der Waals surface area contributed by atoms with Crippen molar-refractivity contribution in [1.29, 1.82) is 0 Å². The summed E-state index contributed by atoms with van der Waals surface area (Å²) in [5, 5.41) is 3.06. The van der Waals surface area contributed by atoms with Gasteiger partial charge in [0.1, 0.15) is 0 Å². The second-order valence-corrected chi connectivity index (χ2v) is 10.3. The van der Waals surface area contributed by atoms with Crippen LogP contribution in [0.4, 0.5) is 0 Å². The van der Waals surface area contributed by atoms with Crippen molar-refractivity contribution in [2.75, 3.05) is 6.54 Å². The van der Waals surface area contributed by atoms with E-state index >= 15 is 0 Å². The smallest absolute Gasteiger partial charge is 0.243 e. The van der Waals surface area contributed by atoms with E-state index in [1.807, 2.05) is 0 Å². The number of rotatable bonds is 22.